The van der Waals surface area contributed by atoms with Gasteiger partial charge in [0.2, 0.25) is 0 Å². The van der Waals surface area contributed by atoms with Gasteiger partial charge in [0, 0.05) is 17.7 Å². The molecule has 0 spiro atoms. The van der Waals surface area contributed by atoms with E-state index in [0.29, 0.717) is 0 Å². The van der Waals surface area contributed by atoms with Gasteiger partial charge in [0.1, 0.15) is 11.6 Å². The van der Waals surface area contributed by atoms with Crippen LogP contribution in [0.3, 0.4) is 0 Å². The number of ketones is 1. The fourth-order valence-corrected chi connectivity index (χ4v) is 1.27. The number of hydrogen-bond donors (Lipinski definition) is 0. The second-order valence-corrected chi connectivity index (χ2v) is 3.71. The fourth-order valence-electron chi connectivity index (χ4n) is 1.27. The van der Waals surface area contributed by atoms with Gasteiger partial charge in [0.05, 0.1) is 0 Å². The van der Waals surface area contributed by atoms with Crippen LogP contribution in [0.2, 0.25) is 0 Å². The maximum absolute atomic E-state index is 13.4. The van der Waals surface area contributed by atoms with Crippen LogP contribution in [0.1, 0.15) is 22.8 Å². The number of Topliss-reactive ketones (excluding diaryl/α,β-unsaturated/α-hetero) is 1. The van der Waals surface area contributed by atoms with Crippen molar-refractivity contribution in [3.8, 4) is 0 Å². The molecular formula is C11H13F2NO. The molecule has 0 bridgehead atoms. The number of carbonyl (C=O) groups excluding carboxylic acids is 1. The van der Waals surface area contributed by atoms with Crippen molar-refractivity contribution in [1.82, 2.24) is 4.90 Å². The van der Waals surface area contributed by atoms with Gasteiger partial charge in [0.25, 0.3) is 0 Å². The minimum atomic E-state index is -0.672. The SMILES string of the molecule is CC(=O)c1cc(F)c(CN(C)C)c(F)c1. The van der Waals surface area contributed by atoms with Crippen LogP contribution in [0.15, 0.2) is 12.1 Å². The van der Waals surface area contributed by atoms with Gasteiger partial charge in [-0.3, -0.25) is 4.79 Å². The zero-order valence-corrected chi connectivity index (χ0v) is 8.97. The summed E-state index contributed by atoms with van der Waals surface area (Å²) in [5, 5.41) is 0. The van der Waals surface area contributed by atoms with Gasteiger partial charge in [-0.2, -0.15) is 0 Å². The number of halogens is 2. The second kappa shape index (κ2) is 4.49. The maximum atomic E-state index is 13.4. The van der Waals surface area contributed by atoms with E-state index in [1.807, 2.05) is 0 Å². The van der Waals surface area contributed by atoms with Crippen molar-refractivity contribution in [2.24, 2.45) is 0 Å². The summed E-state index contributed by atoms with van der Waals surface area (Å²) in [6.45, 7) is 1.45. The molecule has 0 aliphatic rings. The Morgan fingerprint density at radius 3 is 2.07 bits per heavy atom. The van der Waals surface area contributed by atoms with Crippen LogP contribution in [0.5, 0.6) is 0 Å². The average molecular weight is 213 g/mol. The highest BCUT2D eigenvalue weighted by molar-refractivity contribution is 5.94. The van der Waals surface area contributed by atoms with Gasteiger partial charge in [-0.1, -0.05) is 0 Å². The van der Waals surface area contributed by atoms with Gasteiger partial charge in [0.15, 0.2) is 5.78 Å². The first-order valence-corrected chi connectivity index (χ1v) is 4.55. The van der Waals surface area contributed by atoms with Crippen molar-refractivity contribution >= 4 is 5.78 Å². The second-order valence-electron chi connectivity index (χ2n) is 3.71. The van der Waals surface area contributed by atoms with Crippen molar-refractivity contribution in [2.45, 2.75) is 13.5 Å². The summed E-state index contributed by atoms with van der Waals surface area (Å²) in [6.07, 6.45) is 0. The summed E-state index contributed by atoms with van der Waals surface area (Å²) in [5.41, 5.74) is 0.0532. The van der Waals surface area contributed by atoms with Crippen LogP contribution in [0, 0.1) is 11.6 Å². The van der Waals surface area contributed by atoms with Crippen LogP contribution < -0.4 is 0 Å². The van der Waals surface area contributed by atoms with Crippen molar-refractivity contribution in [3.63, 3.8) is 0 Å². The number of nitrogens with zero attached hydrogens (tertiary/aromatic N) is 1. The maximum Gasteiger partial charge on any atom is 0.160 e. The molecule has 2 nitrogen and oxygen atoms in total. The number of rotatable bonds is 3. The van der Waals surface area contributed by atoms with Crippen molar-refractivity contribution < 1.29 is 13.6 Å². The molecular weight excluding hydrogens is 200 g/mol. The van der Waals surface area contributed by atoms with Crippen LogP contribution in [0.4, 0.5) is 8.78 Å². The van der Waals surface area contributed by atoms with E-state index in [2.05, 4.69) is 0 Å². The van der Waals surface area contributed by atoms with Crippen LogP contribution >= 0.6 is 0 Å². The van der Waals surface area contributed by atoms with Gasteiger partial charge >= 0.3 is 0 Å². The molecule has 0 fully saturated rings. The molecule has 4 heteroatoms. The Bertz CT molecular complexity index is 365. The van der Waals surface area contributed by atoms with E-state index in [-0.39, 0.29) is 23.5 Å². The molecule has 0 atom stereocenters. The molecule has 0 saturated heterocycles. The lowest BCUT2D eigenvalue weighted by molar-refractivity contribution is 0.101. The van der Waals surface area contributed by atoms with Crippen molar-refractivity contribution in [2.75, 3.05) is 14.1 Å². The predicted octanol–water partition coefficient (Wildman–Crippen LogP) is 2.23. The van der Waals surface area contributed by atoms with Crippen LogP contribution in [-0.2, 0) is 6.54 Å². The molecule has 0 saturated carbocycles. The lowest BCUT2D eigenvalue weighted by atomic mass is 10.1. The Balaban J connectivity index is 3.15. The van der Waals surface area contributed by atoms with E-state index in [4.69, 9.17) is 0 Å². The first-order chi connectivity index (χ1) is 6.91. The molecule has 0 heterocycles. The highest BCUT2D eigenvalue weighted by atomic mass is 19.1. The fraction of sp³-hybridized carbons (Fsp3) is 0.364. The highest BCUT2D eigenvalue weighted by Gasteiger charge is 2.13. The number of hydrogen-bond acceptors (Lipinski definition) is 2. The molecule has 0 aliphatic heterocycles. The van der Waals surface area contributed by atoms with E-state index in [9.17, 15) is 13.6 Å². The third-order valence-corrected chi connectivity index (χ3v) is 2.02. The lowest BCUT2D eigenvalue weighted by Gasteiger charge is -2.12. The summed E-state index contributed by atoms with van der Waals surface area (Å²) < 4.78 is 26.8. The summed E-state index contributed by atoms with van der Waals surface area (Å²) in [4.78, 5) is 12.6. The quantitative estimate of drug-likeness (QED) is 0.717. The van der Waals surface area contributed by atoms with E-state index in [1.54, 1.807) is 19.0 Å². The van der Waals surface area contributed by atoms with Gasteiger partial charge in [-0.15, -0.1) is 0 Å². The Morgan fingerprint density at radius 1 is 1.27 bits per heavy atom. The third kappa shape index (κ3) is 2.83. The molecule has 1 rings (SSSR count). The van der Waals surface area contributed by atoms with Gasteiger partial charge in [-0.25, -0.2) is 8.78 Å². The normalized spacial score (nSPS) is 10.8. The number of benzene rings is 1. The average Bonchev–Trinajstić information content (AvgIpc) is 2.10. The molecule has 0 aromatic heterocycles. The van der Waals surface area contributed by atoms with E-state index < -0.39 is 11.6 Å². The Labute approximate surface area is 87.5 Å². The zero-order chi connectivity index (χ0) is 11.6. The van der Waals surface area contributed by atoms with E-state index in [0.717, 1.165) is 12.1 Å². The van der Waals surface area contributed by atoms with Gasteiger partial charge in [-0.05, 0) is 33.2 Å². The zero-order valence-electron chi connectivity index (χ0n) is 8.97. The Morgan fingerprint density at radius 2 is 1.73 bits per heavy atom. The van der Waals surface area contributed by atoms with E-state index in [1.165, 1.54) is 6.92 Å². The minimum absolute atomic E-state index is 0.00926. The third-order valence-electron chi connectivity index (χ3n) is 2.02. The molecule has 0 amide bonds. The molecule has 1 aromatic rings. The topological polar surface area (TPSA) is 20.3 Å². The monoisotopic (exact) mass is 213 g/mol. The van der Waals surface area contributed by atoms with Gasteiger partial charge < -0.3 is 4.90 Å². The smallest absolute Gasteiger partial charge is 0.160 e. The standard InChI is InChI=1S/C11H13F2NO/c1-7(15)8-4-10(12)9(6-14(2)3)11(13)5-8/h4-5H,6H2,1-3H3. The van der Waals surface area contributed by atoms with Crippen molar-refractivity contribution in [3.05, 3.63) is 34.9 Å². The van der Waals surface area contributed by atoms with Crippen LogP contribution in [-0.4, -0.2) is 24.8 Å². The first kappa shape index (κ1) is 11.8. The largest absolute Gasteiger partial charge is 0.305 e. The summed E-state index contributed by atoms with van der Waals surface area (Å²) >= 11 is 0. The first-order valence-electron chi connectivity index (χ1n) is 4.55. The Hall–Kier alpha value is -1.29. The molecule has 0 radical (unpaired) electrons. The van der Waals surface area contributed by atoms with Crippen molar-refractivity contribution in [1.29, 1.82) is 0 Å². The molecule has 0 unspecified atom stereocenters. The molecule has 82 valence electrons. The van der Waals surface area contributed by atoms with Crippen LogP contribution in [0.25, 0.3) is 0 Å². The molecule has 1 aromatic carbocycles. The molecule has 0 N–H and O–H groups in total. The summed E-state index contributed by atoms with van der Waals surface area (Å²) in [5.74, 6) is -1.69. The minimum Gasteiger partial charge on any atom is -0.305 e. The van der Waals surface area contributed by atoms with E-state index >= 15 is 0 Å². The highest BCUT2D eigenvalue weighted by Crippen LogP contribution is 2.17. The summed E-state index contributed by atoms with van der Waals surface area (Å²) in [7, 11) is 3.44. The molecule has 15 heavy (non-hydrogen) atoms. The number of carbonyl (C=O) groups is 1. The Kier molecular flexibility index (Phi) is 3.52. The summed E-state index contributed by atoms with van der Waals surface area (Å²) in [6, 6.07) is 2.15. The lowest BCUT2D eigenvalue weighted by Crippen LogP contribution is -2.14. The predicted molar refractivity (Wildman–Crippen MR) is 53.8 cm³/mol. The molecule has 0 aliphatic carbocycles.